The number of amides is 2. The van der Waals surface area contributed by atoms with Crippen LogP contribution < -0.4 is 11.1 Å². The van der Waals surface area contributed by atoms with E-state index in [0.29, 0.717) is 10.9 Å². The molecule has 4 heteroatoms. The summed E-state index contributed by atoms with van der Waals surface area (Å²) in [5.41, 5.74) is 6.83. The molecule has 0 atom stereocenters. The molecule has 0 saturated heterocycles. The van der Waals surface area contributed by atoms with E-state index in [2.05, 4.69) is 19.2 Å². The predicted molar refractivity (Wildman–Crippen MR) is 63.2 cm³/mol. The van der Waals surface area contributed by atoms with Gasteiger partial charge >= 0.3 is 6.03 Å². The lowest BCUT2D eigenvalue weighted by Crippen LogP contribution is -2.20. The van der Waals surface area contributed by atoms with Crippen molar-refractivity contribution in [3.8, 4) is 0 Å². The molecule has 0 spiro atoms. The number of carbonyl (C=O) groups excluding carboxylic acids is 1. The lowest BCUT2D eigenvalue weighted by molar-refractivity contribution is 0.259. The van der Waals surface area contributed by atoms with Crippen molar-refractivity contribution >= 4 is 23.3 Å². The van der Waals surface area contributed by atoms with E-state index >= 15 is 0 Å². The van der Waals surface area contributed by atoms with Crippen LogP contribution in [0.1, 0.15) is 19.4 Å². The molecule has 0 bridgehead atoms. The molecule has 0 aliphatic rings. The normalized spacial score (nSPS) is 10.4. The van der Waals surface area contributed by atoms with Crippen LogP contribution in [0.15, 0.2) is 18.2 Å². The van der Waals surface area contributed by atoms with Crippen LogP contribution >= 0.6 is 11.6 Å². The van der Waals surface area contributed by atoms with Crippen LogP contribution in [0.2, 0.25) is 5.02 Å². The third-order valence-electron chi connectivity index (χ3n) is 1.95. The second-order valence-electron chi connectivity index (χ2n) is 3.89. The topological polar surface area (TPSA) is 55.1 Å². The third kappa shape index (κ3) is 3.80. The first-order chi connectivity index (χ1) is 6.99. The van der Waals surface area contributed by atoms with Crippen LogP contribution in [-0.4, -0.2) is 6.03 Å². The van der Waals surface area contributed by atoms with Gasteiger partial charge in [-0.1, -0.05) is 25.4 Å². The van der Waals surface area contributed by atoms with Crippen LogP contribution in [0.3, 0.4) is 0 Å². The number of nitrogens with one attached hydrogen (secondary N) is 1. The minimum atomic E-state index is -0.553. The summed E-state index contributed by atoms with van der Waals surface area (Å²) >= 11 is 5.89. The van der Waals surface area contributed by atoms with Crippen molar-refractivity contribution in [2.45, 2.75) is 20.3 Å². The molecule has 0 aliphatic heterocycles. The van der Waals surface area contributed by atoms with E-state index in [1.807, 2.05) is 6.07 Å². The smallest absolute Gasteiger partial charge is 0.316 e. The average Bonchev–Trinajstić information content (AvgIpc) is 2.08. The predicted octanol–water partition coefficient (Wildman–Crippen LogP) is 3.03. The Kier molecular flexibility index (Phi) is 3.97. The van der Waals surface area contributed by atoms with Gasteiger partial charge in [-0.2, -0.15) is 0 Å². The second kappa shape index (κ2) is 5.03. The lowest BCUT2D eigenvalue weighted by Gasteiger charge is -2.11. The summed E-state index contributed by atoms with van der Waals surface area (Å²) in [4.78, 5) is 10.8. The Bertz CT molecular complexity index is 364. The third-order valence-corrected chi connectivity index (χ3v) is 2.19. The molecule has 3 nitrogen and oxygen atoms in total. The van der Waals surface area contributed by atoms with Crippen molar-refractivity contribution in [2.75, 3.05) is 5.32 Å². The van der Waals surface area contributed by atoms with E-state index in [1.165, 1.54) is 0 Å². The van der Waals surface area contributed by atoms with Gasteiger partial charge in [0.15, 0.2) is 0 Å². The monoisotopic (exact) mass is 226 g/mol. The van der Waals surface area contributed by atoms with E-state index in [9.17, 15) is 4.79 Å². The van der Waals surface area contributed by atoms with Gasteiger partial charge < -0.3 is 11.1 Å². The van der Waals surface area contributed by atoms with Crippen LogP contribution in [-0.2, 0) is 6.42 Å². The molecular weight excluding hydrogens is 212 g/mol. The highest BCUT2D eigenvalue weighted by Gasteiger charge is 2.07. The van der Waals surface area contributed by atoms with Gasteiger partial charge in [-0.15, -0.1) is 0 Å². The summed E-state index contributed by atoms with van der Waals surface area (Å²) in [6.45, 7) is 4.21. The van der Waals surface area contributed by atoms with Crippen molar-refractivity contribution < 1.29 is 4.79 Å². The van der Waals surface area contributed by atoms with Crippen LogP contribution in [0, 0.1) is 5.92 Å². The lowest BCUT2D eigenvalue weighted by atomic mass is 10.0. The fourth-order valence-electron chi connectivity index (χ4n) is 1.43. The molecular formula is C11H15ClN2O. The van der Waals surface area contributed by atoms with Gasteiger partial charge in [0.2, 0.25) is 0 Å². The summed E-state index contributed by atoms with van der Waals surface area (Å²) in [5.74, 6) is 0.497. The molecule has 1 rings (SSSR count). The summed E-state index contributed by atoms with van der Waals surface area (Å²) in [5, 5.41) is 3.25. The minimum absolute atomic E-state index is 0.497. The quantitative estimate of drug-likeness (QED) is 0.818. The molecule has 0 unspecified atom stereocenters. The van der Waals surface area contributed by atoms with E-state index in [-0.39, 0.29) is 0 Å². The van der Waals surface area contributed by atoms with Gasteiger partial charge in [0.25, 0.3) is 0 Å². The number of nitrogens with two attached hydrogens (primary N) is 1. The van der Waals surface area contributed by atoms with Gasteiger partial charge in [-0.3, -0.25) is 0 Å². The van der Waals surface area contributed by atoms with Gasteiger partial charge in [-0.25, -0.2) is 4.79 Å². The molecule has 1 aromatic rings. The van der Waals surface area contributed by atoms with Gasteiger partial charge in [-0.05, 0) is 36.1 Å². The van der Waals surface area contributed by atoms with Crippen molar-refractivity contribution in [1.29, 1.82) is 0 Å². The van der Waals surface area contributed by atoms with Gasteiger partial charge in [0.05, 0.1) is 0 Å². The first-order valence-electron chi connectivity index (χ1n) is 4.84. The van der Waals surface area contributed by atoms with Gasteiger partial charge in [0.1, 0.15) is 0 Å². The van der Waals surface area contributed by atoms with Crippen molar-refractivity contribution in [3.63, 3.8) is 0 Å². The largest absolute Gasteiger partial charge is 0.351 e. The van der Waals surface area contributed by atoms with E-state index < -0.39 is 6.03 Å². The fraction of sp³-hybridized carbons (Fsp3) is 0.364. The average molecular weight is 227 g/mol. The number of anilines is 1. The molecule has 0 saturated carbocycles. The van der Waals surface area contributed by atoms with Crippen molar-refractivity contribution in [3.05, 3.63) is 28.8 Å². The van der Waals surface area contributed by atoms with Crippen LogP contribution in [0.25, 0.3) is 0 Å². The first kappa shape index (κ1) is 11.9. The number of hydrogen-bond acceptors (Lipinski definition) is 1. The molecule has 3 N–H and O–H groups in total. The standard InChI is InChI=1S/C11H15ClN2O/c1-7(2)5-8-6-9(12)3-4-10(8)14-11(13)15/h3-4,6-7H,5H2,1-2H3,(H3,13,14,15). The van der Waals surface area contributed by atoms with Crippen LogP contribution in [0.4, 0.5) is 10.5 Å². The molecule has 82 valence electrons. The van der Waals surface area contributed by atoms with E-state index in [4.69, 9.17) is 17.3 Å². The number of hydrogen-bond donors (Lipinski definition) is 2. The first-order valence-corrected chi connectivity index (χ1v) is 5.21. The number of rotatable bonds is 3. The molecule has 1 aromatic carbocycles. The Balaban J connectivity index is 2.97. The van der Waals surface area contributed by atoms with Crippen molar-refractivity contribution in [2.24, 2.45) is 11.7 Å². The van der Waals surface area contributed by atoms with Crippen molar-refractivity contribution in [1.82, 2.24) is 0 Å². The molecule has 15 heavy (non-hydrogen) atoms. The zero-order chi connectivity index (χ0) is 11.4. The zero-order valence-electron chi connectivity index (χ0n) is 8.88. The Hall–Kier alpha value is -1.22. The number of carbonyl (C=O) groups is 1. The maximum absolute atomic E-state index is 10.8. The molecule has 2 amide bonds. The summed E-state index contributed by atoms with van der Waals surface area (Å²) in [7, 11) is 0. The van der Waals surface area contributed by atoms with Gasteiger partial charge in [0, 0.05) is 10.7 Å². The number of primary amides is 1. The Morgan fingerprint density at radius 1 is 1.53 bits per heavy atom. The molecule has 0 aliphatic carbocycles. The SMILES string of the molecule is CC(C)Cc1cc(Cl)ccc1NC(N)=O. The summed E-state index contributed by atoms with van der Waals surface area (Å²) in [6, 6.07) is 4.80. The highest BCUT2D eigenvalue weighted by molar-refractivity contribution is 6.30. The maximum Gasteiger partial charge on any atom is 0.316 e. The summed E-state index contributed by atoms with van der Waals surface area (Å²) < 4.78 is 0. The van der Waals surface area contributed by atoms with E-state index in [1.54, 1.807) is 12.1 Å². The minimum Gasteiger partial charge on any atom is -0.351 e. The molecule has 0 heterocycles. The second-order valence-corrected chi connectivity index (χ2v) is 4.33. The van der Waals surface area contributed by atoms with Crippen LogP contribution in [0.5, 0.6) is 0 Å². The zero-order valence-corrected chi connectivity index (χ0v) is 9.64. The summed E-state index contributed by atoms with van der Waals surface area (Å²) in [6.07, 6.45) is 0.857. The highest BCUT2D eigenvalue weighted by Crippen LogP contribution is 2.23. The highest BCUT2D eigenvalue weighted by atomic mass is 35.5. The number of benzene rings is 1. The Labute approximate surface area is 94.6 Å². The number of halogens is 1. The maximum atomic E-state index is 10.8. The van der Waals surface area contributed by atoms with E-state index in [0.717, 1.165) is 17.7 Å². The Morgan fingerprint density at radius 3 is 2.73 bits per heavy atom. The molecule has 0 radical (unpaired) electrons. The molecule has 0 aromatic heterocycles. The Morgan fingerprint density at radius 2 is 2.20 bits per heavy atom. The molecule has 0 fully saturated rings. The fourth-order valence-corrected chi connectivity index (χ4v) is 1.62. The number of urea groups is 1.